The number of pyridine rings is 1. The van der Waals surface area contributed by atoms with Crippen LogP contribution in [0.2, 0.25) is 10.0 Å². The highest BCUT2D eigenvalue weighted by molar-refractivity contribution is 6.37. The number of halogens is 2. The van der Waals surface area contributed by atoms with Gasteiger partial charge in [-0.1, -0.05) is 59.6 Å². The molecule has 0 amide bonds. The summed E-state index contributed by atoms with van der Waals surface area (Å²) in [5.41, 5.74) is 1.23. The van der Waals surface area contributed by atoms with Crippen LogP contribution in [0, 0.1) is 0 Å². The predicted octanol–water partition coefficient (Wildman–Crippen LogP) is 5.04. The fourth-order valence-corrected chi connectivity index (χ4v) is 3.32. The molecular weight excluding hydrogens is 411 g/mol. The number of aryl methyl sites for hydroxylation is 1. The quantitative estimate of drug-likeness (QED) is 0.483. The van der Waals surface area contributed by atoms with Crippen LogP contribution in [0.5, 0.6) is 11.5 Å². The first-order chi connectivity index (χ1) is 14.0. The SMILES string of the molecule is Cn1c(=O)c(Oc2c(Cl)cccc2Cl)cc2cnc(NCc3ccccc3)nc21. The molecule has 0 aliphatic carbocycles. The zero-order valence-corrected chi connectivity index (χ0v) is 16.9. The van der Waals surface area contributed by atoms with Gasteiger partial charge >= 0.3 is 0 Å². The topological polar surface area (TPSA) is 69.0 Å². The van der Waals surface area contributed by atoms with Gasteiger partial charge in [-0.05, 0) is 23.8 Å². The summed E-state index contributed by atoms with van der Waals surface area (Å²) >= 11 is 12.3. The molecule has 29 heavy (non-hydrogen) atoms. The Morgan fingerprint density at radius 1 is 1.07 bits per heavy atom. The molecule has 0 radical (unpaired) electrons. The summed E-state index contributed by atoms with van der Waals surface area (Å²) in [6, 6.07) is 16.5. The number of rotatable bonds is 5. The number of nitrogens with zero attached hydrogens (tertiary/aromatic N) is 3. The van der Waals surface area contributed by atoms with E-state index in [4.69, 9.17) is 27.9 Å². The summed E-state index contributed by atoms with van der Waals surface area (Å²) in [5, 5.41) is 4.45. The van der Waals surface area contributed by atoms with Crippen molar-refractivity contribution in [2.45, 2.75) is 6.54 Å². The first kappa shape index (κ1) is 19.2. The van der Waals surface area contributed by atoms with Gasteiger partial charge in [0.25, 0.3) is 5.56 Å². The normalized spacial score (nSPS) is 10.9. The van der Waals surface area contributed by atoms with Crippen LogP contribution in [0.3, 0.4) is 0 Å². The summed E-state index contributed by atoms with van der Waals surface area (Å²) in [7, 11) is 1.62. The molecule has 0 aliphatic heterocycles. The molecule has 1 N–H and O–H groups in total. The van der Waals surface area contributed by atoms with Crippen molar-refractivity contribution in [3.8, 4) is 11.5 Å². The zero-order chi connectivity index (χ0) is 20.4. The summed E-state index contributed by atoms with van der Waals surface area (Å²) in [5.74, 6) is 0.747. The van der Waals surface area contributed by atoms with Crippen LogP contribution in [-0.2, 0) is 13.6 Å². The summed E-state index contributed by atoms with van der Waals surface area (Å²) in [6.07, 6.45) is 1.64. The minimum absolute atomic E-state index is 0.0867. The van der Waals surface area contributed by atoms with E-state index in [1.807, 2.05) is 30.3 Å². The number of hydrogen-bond donors (Lipinski definition) is 1. The van der Waals surface area contributed by atoms with Crippen LogP contribution in [-0.4, -0.2) is 14.5 Å². The standard InChI is InChI=1S/C21H16Cl2N4O2/c1-27-19-14(12-25-21(26-19)24-11-13-6-3-2-4-7-13)10-17(20(27)28)29-18-15(22)8-5-9-16(18)23/h2-10,12H,11H2,1H3,(H,24,25,26). The van der Waals surface area contributed by atoms with Crippen LogP contribution in [0.4, 0.5) is 5.95 Å². The maximum absolute atomic E-state index is 12.8. The highest BCUT2D eigenvalue weighted by atomic mass is 35.5. The Balaban J connectivity index is 1.66. The maximum Gasteiger partial charge on any atom is 0.294 e. The lowest BCUT2D eigenvalue weighted by Crippen LogP contribution is -2.19. The van der Waals surface area contributed by atoms with Crippen LogP contribution in [0.25, 0.3) is 11.0 Å². The number of para-hydroxylation sites is 1. The molecule has 8 heteroatoms. The number of fused-ring (bicyclic) bond motifs is 1. The Morgan fingerprint density at radius 3 is 2.52 bits per heavy atom. The fraction of sp³-hybridized carbons (Fsp3) is 0.0952. The average Bonchev–Trinajstić information content (AvgIpc) is 2.73. The van der Waals surface area contributed by atoms with Crippen molar-refractivity contribution in [3.63, 3.8) is 0 Å². The van der Waals surface area contributed by atoms with Crippen molar-refractivity contribution in [3.05, 3.63) is 86.8 Å². The Morgan fingerprint density at radius 2 is 1.79 bits per heavy atom. The van der Waals surface area contributed by atoms with Gasteiger partial charge in [0.05, 0.1) is 10.0 Å². The van der Waals surface area contributed by atoms with Crippen molar-refractivity contribution in [1.82, 2.24) is 14.5 Å². The molecule has 0 unspecified atom stereocenters. The smallest absolute Gasteiger partial charge is 0.294 e. The molecule has 0 aliphatic rings. The Labute approximate surface area is 176 Å². The van der Waals surface area contributed by atoms with E-state index in [0.717, 1.165) is 5.56 Å². The molecule has 6 nitrogen and oxygen atoms in total. The van der Waals surface area contributed by atoms with Gasteiger partial charge in [-0.2, -0.15) is 4.98 Å². The van der Waals surface area contributed by atoms with Crippen LogP contribution < -0.4 is 15.6 Å². The first-order valence-electron chi connectivity index (χ1n) is 8.79. The van der Waals surface area contributed by atoms with Crippen LogP contribution >= 0.6 is 23.2 Å². The zero-order valence-electron chi connectivity index (χ0n) is 15.4. The Hall–Kier alpha value is -3.09. The number of ether oxygens (including phenoxy) is 1. The molecule has 0 fully saturated rings. The Bertz CT molecular complexity index is 1220. The fourth-order valence-electron chi connectivity index (χ4n) is 2.84. The van der Waals surface area contributed by atoms with Crippen molar-refractivity contribution in [2.24, 2.45) is 7.05 Å². The molecule has 146 valence electrons. The van der Waals surface area contributed by atoms with Gasteiger partial charge in [0, 0.05) is 25.2 Å². The van der Waals surface area contributed by atoms with Crippen LogP contribution in [0.15, 0.2) is 65.6 Å². The van der Waals surface area contributed by atoms with Gasteiger partial charge in [-0.25, -0.2) is 4.98 Å². The second kappa shape index (κ2) is 8.11. The first-order valence-corrected chi connectivity index (χ1v) is 9.55. The molecule has 2 aromatic carbocycles. The third-order valence-corrected chi connectivity index (χ3v) is 4.94. The molecule has 0 saturated carbocycles. The molecule has 0 bridgehead atoms. The summed E-state index contributed by atoms with van der Waals surface area (Å²) < 4.78 is 7.13. The lowest BCUT2D eigenvalue weighted by molar-refractivity contribution is 0.472. The molecule has 0 atom stereocenters. The summed E-state index contributed by atoms with van der Waals surface area (Å²) in [6.45, 7) is 0.576. The van der Waals surface area contributed by atoms with Crippen molar-refractivity contribution in [2.75, 3.05) is 5.32 Å². The Kier molecular flexibility index (Phi) is 5.38. The van der Waals surface area contributed by atoms with Gasteiger partial charge in [-0.15, -0.1) is 0 Å². The predicted molar refractivity (Wildman–Crippen MR) is 115 cm³/mol. The largest absolute Gasteiger partial charge is 0.448 e. The van der Waals surface area contributed by atoms with E-state index in [9.17, 15) is 4.79 Å². The van der Waals surface area contributed by atoms with Gasteiger partial charge in [0.15, 0.2) is 11.5 Å². The molecule has 4 rings (SSSR count). The molecule has 0 spiro atoms. The van der Waals surface area contributed by atoms with E-state index in [1.54, 1.807) is 37.5 Å². The second-order valence-electron chi connectivity index (χ2n) is 6.34. The molecular formula is C21H16Cl2N4O2. The lowest BCUT2D eigenvalue weighted by Gasteiger charge is -2.12. The molecule has 2 aromatic heterocycles. The number of nitrogens with one attached hydrogen (secondary N) is 1. The average molecular weight is 427 g/mol. The van der Waals surface area contributed by atoms with Gasteiger partial charge in [0.2, 0.25) is 5.95 Å². The maximum atomic E-state index is 12.8. The van der Waals surface area contributed by atoms with Crippen molar-refractivity contribution in [1.29, 1.82) is 0 Å². The second-order valence-corrected chi connectivity index (χ2v) is 7.15. The minimum Gasteiger partial charge on any atom is -0.448 e. The minimum atomic E-state index is -0.360. The van der Waals surface area contributed by atoms with E-state index in [2.05, 4.69) is 15.3 Å². The van der Waals surface area contributed by atoms with Gasteiger partial charge in [-0.3, -0.25) is 9.36 Å². The summed E-state index contributed by atoms with van der Waals surface area (Å²) in [4.78, 5) is 21.6. The molecule has 2 heterocycles. The highest BCUT2D eigenvalue weighted by Crippen LogP contribution is 2.35. The lowest BCUT2D eigenvalue weighted by atomic mass is 10.2. The molecule has 0 saturated heterocycles. The van der Waals surface area contributed by atoms with E-state index < -0.39 is 0 Å². The third-order valence-electron chi connectivity index (χ3n) is 4.34. The van der Waals surface area contributed by atoms with E-state index >= 15 is 0 Å². The van der Waals surface area contributed by atoms with E-state index in [-0.39, 0.29) is 17.1 Å². The monoisotopic (exact) mass is 426 g/mol. The van der Waals surface area contributed by atoms with Gasteiger partial charge < -0.3 is 10.1 Å². The van der Waals surface area contributed by atoms with Crippen molar-refractivity contribution >= 4 is 40.2 Å². The number of anilines is 1. The van der Waals surface area contributed by atoms with Crippen LogP contribution in [0.1, 0.15) is 5.56 Å². The van der Waals surface area contributed by atoms with Gasteiger partial charge in [0.1, 0.15) is 5.65 Å². The number of aromatic nitrogens is 3. The number of hydrogen-bond acceptors (Lipinski definition) is 5. The van der Waals surface area contributed by atoms with E-state index in [0.29, 0.717) is 33.6 Å². The van der Waals surface area contributed by atoms with Crippen molar-refractivity contribution < 1.29 is 4.74 Å². The highest BCUT2D eigenvalue weighted by Gasteiger charge is 2.14. The van der Waals surface area contributed by atoms with E-state index in [1.165, 1.54) is 4.57 Å². The molecule has 4 aromatic rings. The third kappa shape index (κ3) is 4.04. The number of benzene rings is 2.